The lowest BCUT2D eigenvalue weighted by atomic mass is 10.1. The van der Waals surface area contributed by atoms with E-state index in [0.29, 0.717) is 50.4 Å². The summed E-state index contributed by atoms with van der Waals surface area (Å²) in [5.74, 6) is -0.645. The molecule has 0 aromatic heterocycles. The molecule has 2 amide bonds. The first kappa shape index (κ1) is 23.6. The van der Waals surface area contributed by atoms with Crippen LogP contribution in [0.15, 0.2) is 18.2 Å². The Kier molecular flexibility index (Phi) is 7.79. The molecule has 2 aliphatic rings. The molecule has 0 aliphatic carbocycles. The number of anilines is 2. The van der Waals surface area contributed by atoms with Crippen molar-refractivity contribution in [1.82, 2.24) is 10.4 Å². The van der Waals surface area contributed by atoms with Gasteiger partial charge >= 0.3 is 6.09 Å². The Morgan fingerprint density at radius 2 is 1.84 bits per heavy atom. The first-order valence-corrected chi connectivity index (χ1v) is 10.8. The third-order valence-electron chi connectivity index (χ3n) is 5.55. The molecule has 1 N–H and O–H groups in total. The minimum absolute atomic E-state index is 0.0287. The van der Waals surface area contributed by atoms with Crippen LogP contribution in [0.2, 0.25) is 0 Å². The van der Waals surface area contributed by atoms with Crippen LogP contribution in [-0.2, 0) is 19.1 Å². The molecule has 9 nitrogen and oxygen atoms in total. The molecule has 2 saturated heterocycles. The molecular formula is C22H29FN4O5. The number of ketones is 2. The molecule has 2 aliphatic heterocycles. The second-order valence-electron chi connectivity index (χ2n) is 8.14. The molecule has 1 aromatic carbocycles. The number of carbonyl (C=O) groups excluding carboxylic acids is 4. The first-order chi connectivity index (χ1) is 15.2. The van der Waals surface area contributed by atoms with Crippen molar-refractivity contribution in [3.63, 3.8) is 0 Å². The Balaban J connectivity index is 1.61. The second-order valence-corrected chi connectivity index (χ2v) is 8.14. The van der Waals surface area contributed by atoms with E-state index in [2.05, 4.69) is 5.43 Å². The van der Waals surface area contributed by atoms with Crippen LogP contribution in [0.3, 0.4) is 0 Å². The van der Waals surface area contributed by atoms with Gasteiger partial charge in [0.05, 0.1) is 24.5 Å². The highest BCUT2D eigenvalue weighted by Crippen LogP contribution is 2.29. The van der Waals surface area contributed by atoms with Crippen molar-refractivity contribution in [3.05, 3.63) is 24.0 Å². The van der Waals surface area contributed by atoms with E-state index in [0.717, 1.165) is 0 Å². The maximum Gasteiger partial charge on any atom is 0.414 e. The maximum atomic E-state index is 15.0. The summed E-state index contributed by atoms with van der Waals surface area (Å²) < 4.78 is 20.2. The Morgan fingerprint density at radius 1 is 1.09 bits per heavy atom. The Labute approximate surface area is 186 Å². The van der Waals surface area contributed by atoms with Crippen LogP contribution in [0, 0.1) is 5.82 Å². The van der Waals surface area contributed by atoms with Crippen LogP contribution < -0.4 is 15.2 Å². The number of Topliss-reactive ketones (excluding diaryl/α,β-unsaturated/α-hetero) is 2. The number of nitrogens with one attached hydrogen (secondary N) is 1. The van der Waals surface area contributed by atoms with Crippen LogP contribution in [0.5, 0.6) is 0 Å². The zero-order valence-corrected chi connectivity index (χ0v) is 18.4. The van der Waals surface area contributed by atoms with Gasteiger partial charge in [-0.25, -0.2) is 14.6 Å². The Bertz CT molecular complexity index is 893. The van der Waals surface area contributed by atoms with Gasteiger partial charge in [-0.05, 0) is 38.5 Å². The lowest BCUT2D eigenvalue weighted by molar-refractivity contribution is -0.135. The normalized spacial score (nSPS) is 19.0. The van der Waals surface area contributed by atoms with Crippen molar-refractivity contribution >= 4 is 34.9 Å². The summed E-state index contributed by atoms with van der Waals surface area (Å²) >= 11 is 0. The summed E-state index contributed by atoms with van der Waals surface area (Å²) in [4.78, 5) is 49.9. The van der Waals surface area contributed by atoms with Gasteiger partial charge in [0.25, 0.3) is 0 Å². The van der Waals surface area contributed by atoms with Gasteiger partial charge in [0.2, 0.25) is 5.91 Å². The predicted octanol–water partition coefficient (Wildman–Crippen LogP) is 2.04. The fraction of sp³-hybridized carbons (Fsp3) is 0.545. The van der Waals surface area contributed by atoms with Gasteiger partial charge in [0, 0.05) is 38.9 Å². The van der Waals surface area contributed by atoms with Crippen molar-refractivity contribution in [2.24, 2.45) is 0 Å². The predicted molar refractivity (Wildman–Crippen MR) is 116 cm³/mol. The standard InChI is InChI=1S/C22H29FN4O5/c1-15(28)3-6-18-14-26(22(31)32-18)17-5-7-20(19(23)13-17)25-10-9-24-27(12-11-25)21(30)8-4-16(2)29/h5,7,13,18,24H,3-4,6,8-12,14H2,1-2H3/t18-/m0/s1. The molecule has 32 heavy (non-hydrogen) atoms. The van der Waals surface area contributed by atoms with E-state index in [1.807, 2.05) is 4.90 Å². The van der Waals surface area contributed by atoms with Crippen LogP contribution in [-0.4, -0.2) is 67.4 Å². The Morgan fingerprint density at radius 3 is 2.53 bits per heavy atom. The second kappa shape index (κ2) is 10.5. The third kappa shape index (κ3) is 6.03. The maximum absolute atomic E-state index is 15.0. The molecule has 0 bridgehead atoms. The lowest BCUT2D eigenvalue weighted by Crippen LogP contribution is -2.43. The number of hydrogen-bond donors (Lipinski definition) is 1. The van der Waals surface area contributed by atoms with E-state index < -0.39 is 18.0 Å². The van der Waals surface area contributed by atoms with Gasteiger partial charge in [0.1, 0.15) is 23.5 Å². The Hall–Kier alpha value is -3.01. The van der Waals surface area contributed by atoms with Crippen molar-refractivity contribution < 1.29 is 28.3 Å². The van der Waals surface area contributed by atoms with Gasteiger partial charge in [-0.3, -0.25) is 14.7 Å². The molecule has 3 rings (SSSR count). The number of ether oxygens (including phenoxy) is 1. The number of cyclic esters (lactones) is 1. The van der Waals surface area contributed by atoms with Crippen LogP contribution >= 0.6 is 0 Å². The van der Waals surface area contributed by atoms with Gasteiger partial charge in [-0.1, -0.05) is 0 Å². The molecule has 2 fully saturated rings. The summed E-state index contributed by atoms with van der Waals surface area (Å²) in [7, 11) is 0. The molecule has 0 unspecified atom stereocenters. The van der Waals surface area contributed by atoms with Crippen LogP contribution in [0.4, 0.5) is 20.6 Å². The monoisotopic (exact) mass is 448 g/mol. The number of amides is 2. The number of nitrogens with zero attached hydrogens (tertiary/aromatic N) is 3. The molecule has 0 radical (unpaired) electrons. The molecule has 1 aromatic rings. The minimum Gasteiger partial charge on any atom is -0.444 e. The van der Waals surface area contributed by atoms with Gasteiger partial charge in [0.15, 0.2) is 0 Å². The highest BCUT2D eigenvalue weighted by atomic mass is 19.1. The summed E-state index contributed by atoms with van der Waals surface area (Å²) in [5, 5.41) is 1.48. The van der Waals surface area contributed by atoms with Crippen molar-refractivity contribution in [3.8, 4) is 0 Å². The first-order valence-electron chi connectivity index (χ1n) is 10.8. The zero-order chi connectivity index (χ0) is 23.3. The average Bonchev–Trinajstić information content (AvgIpc) is 2.94. The van der Waals surface area contributed by atoms with Gasteiger partial charge in [-0.15, -0.1) is 0 Å². The summed E-state index contributed by atoms with van der Waals surface area (Å²) in [6, 6.07) is 4.59. The SMILES string of the molecule is CC(=O)CCC(=O)N1CCN(c2ccc(N3C[C@H](CCC(C)=O)OC3=O)cc2F)CCN1. The summed E-state index contributed by atoms with van der Waals surface area (Å²) in [5.41, 5.74) is 3.81. The van der Waals surface area contributed by atoms with Crippen LogP contribution in [0.1, 0.15) is 39.5 Å². The minimum atomic E-state index is -0.551. The number of hydrazine groups is 1. The molecule has 0 spiro atoms. The van der Waals surface area contributed by atoms with Crippen LogP contribution in [0.25, 0.3) is 0 Å². The van der Waals surface area contributed by atoms with E-state index in [9.17, 15) is 23.6 Å². The van der Waals surface area contributed by atoms with Crippen molar-refractivity contribution in [1.29, 1.82) is 0 Å². The van der Waals surface area contributed by atoms with E-state index in [1.165, 1.54) is 29.8 Å². The van der Waals surface area contributed by atoms with E-state index in [1.54, 1.807) is 12.1 Å². The topological polar surface area (TPSA) is 99.3 Å². The number of halogens is 1. The number of benzene rings is 1. The van der Waals surface area contributed by atoms with E-state index in [4.69, 9.17) is 4.74 Å². The molecule has 10 heteroatoms. The smallest absolute Gasteiger partial charge is 0.414 e. The largest absolute Gasteiger partial charge is 0.444 e. The van der Waals surface area contributed by atoms with Crippen molar-refractivity contribution in [2.45, 2.75) is 45.6 Å². The van der Waals surface area contributed by atoms with Gasteiger partial charge in [-0.2, -0.15) is 0 Å². The molecule has 0 saturated carbocycles. The molecular weight excluding hydrogens is 419 g/mol. The van der Waals surface area contributed by atoms with E-state index in [-0.39, 0.29) is 36.9 Å². The van der Waals surface area contributed by atoms with Crippen molar-refractivity contribution in [2.75, 3.05) is 42.5 Å². The number of hydrogen-bond acceptors (Lipinski definition) is 7. The average molecular weight is 448 g/mol. The summed E-state index contributed by atoms with van der Waals surface area (Å²) in [6.45, 7) is 4.93. The third-order valence-corrected chi connectivity index (χ3v) is 5.55. The highest BCUT2D eigenvalue weighted by Gasteiger charge is 2.33. The highest BCUT2D eigenvalue weighted by molar-refractivity contribution is 5.90. The quantitative estimate of drug-likeness (QED) is 0.650. The molecule has 2 heterocycles. The fourth-order valence-electron chi connectivity index (χ4n) is 3.77. The van der Waals surface area contributed by atoms with E-state index >= 15 is 0 Å². The molecule has 1 atom stereocenters. The summed E-state index contributed by atoms with van der Waals surface area (Å²) in [6.07, 6.45) is 0.175. The number of rotatable bonds is 8. The fourth-order valence-corrected chi connectivity index (χ4v) is 3.77. The van der Waals surface area contributed by atoms with Gasteiger partial charge < -0.3 is 19.2 Å². The molecule has 174 valence electrons. The number of carbonyl (C=O) groups is 4. The zero-order valence-electron chi connectivity index (χ0n) is 18.4. The lowest BCUT2D eigenvalue weighted by Gasteiger charge is -2.24.